The van der Waals surface area contributed by atoms with E-state index < -0.39 is 5.91 Å². The van der Waals surface area contributed by atoms with Gasteiger partial charge in [0.15, 0.2) is 5.82 Å². The van der Waals surface area contributed by atoms with Crippen LogP contribution in [0.25, 0.3) is 5.82 Å². The highest BCUT2D eigenvalue weighted by atomic mass is 35.5. The van der Waals surface area contributed by atoms with Crippen LogP contribution < -0.4 is 15.4 Å². The molecule has 0 saturated carbocycles. The number of nitrogens with one attached hydrogen (secondary N) is 2. The minimum atomic E-state index is -0.533. The first kappa shape index (κ1) is 22.1. The van der Waals surface area contributed by atoms with E-state index in [0.717, 1.165) is 0 Å². The van der Waals surface area contributed by atoms with Crippen molar-refractivity contribution in [2.24, 2.45) is 0 Å². The zero-order valence-corrected chi connectivity index (χ0v) is 18.7. The number of benzene rings is 1. The summed E-state index contributed by atoms with van der Waals surface area (Å²) in [5.74, 6) is -0.432. The SMILES string of the molecule is CNC(=O)c1cc(Cl)cc(C)c1NC(=O)c1cc(OC2COC2)nn1-c1ncccc1Cl. The van der Waals surface area contributed by atoms with Gasteiger partial charge >= 0.3 is 0 Å². The van der Waals surface area contributed by atoms with Crippen LogP contribution in [0.5, 0.6) is 5.88 Å². The zero-order valence-electron chi connectivity index (χ0n) is 17.2. The Bertz CT molecular complexity index is 1190. The highest BCUT2D eigenvalue weighted by Gasteiger charge is 2.26. The third-order valence-corrected chi connectivity index (χ3v) is 5.28. The monoisotopic (exact) mass is 475 g/mol. The van der Waals surface area contributed by atoms with Gasteiger partial charge in [-0.05, 0) is 36.8 Å². The molecule has 3 aromatic rings. The number of aryl methyl sites for hydroxylation is 1. The van der Waals surface area contributed by atoms with Crippen molar-refractivity contribution in [1.29, 1.82) is 0 Å². The Morgan fingerprint density at radius 2 is 2.00 bits per heavy atom. The fraction of sp³-hybridized carbons (Fsp3) is 0.238. The van der Waals surface area contributed by atoms with Crippen molar-refractivity contribution in [2.75, 3.05) is 25.6 Å². The molecule has 0 spiro atoms. The van der Waals surface area contributed by atoms with E-state index in [-0.39, 0.29) is 35.0 Å². The van der Waals surface area contributed by atoms with Gasteiger partial charge in [-0.3, -0.25) is 9.59 Å². The maximum Gasteiger partial charge on any atom is 0.274 e. The highest BCUT2D eigenvalue weighted by molar-refractivity contribution is 6.32. The maximum atomic E-state index is 13.3. The number of anilines is 1. The van der Waals surface area contributed by atoms with Crippen molar-refractivity contribution in [1.82, 2.24) is 20.1 Å². The van der Waals surface area contributed by atoms with Crippen LogP contribution in [-0.2, 0) is 4.74 Å². The number of carbonyl (C=O) groups is 2. The Labute approximate surface area is 193 Å². The smallest absolute Gasteiger partial charge is 0.274 e. The van der Waals surface area contributed by atoms with Crippen molar-refractivity contribution in [3.63, 3.8) is 0 Å². The molecular weight excluding hydrogens is 457 g/mol. The number of hydrogen-bond donors (Lipinski definition) is 2. The van der Waals surface area contributed by atoms with Gasteiger partial charge in [0.05, 0.1) is 29.5 Å². The predicted molar refractivity (Wildman–Crippen MR) is 119 cm³/mol. The summed E-state index contributed by atoms with van der Waals surface area (Å²) in [6.45, 7) is 2.63. The van der Waals surface area contributed by atoms with Crippen molar-refractivity contribution in [3.8, 4) is 11.7 Å². The summed E-state index contributed by atoms with van der Waals surface area (Å²) in [5.41, 5.74) is 1.30. The minimum Gasteiger partial charge on any atom is -0.468 e. The average Bonchev–Trinajstić information content (AvgIpc) is 3.16. The summed E-state index contributed by atoms with van der Waals surface area (Å²) in [5, 5.41) is 10.4. The van der Waals surface area contributed by atoms with E-state index >= 15 is 0 Å². The van der Waals surface area contributed by atoms with Crippen molar-refractivity contribution < 1.29 is 19.1 Å². The predicted octanol–water partition coefficient (Wildman–Crippen LogP) is 3.27. The third-order valence-electron chi connectivity index (χ3n) is 4.76. The summed E-state index contributed by atoms with van der Waals surface area (Å²) >= 11 is 12.4. The van der Waals surface area contributed by atoms with Crippen molar-refractivity contribution in [2.45, 2.75) is 13.0 Å². The fourth-order valence-electron chi connectivity index (χ4n) is 3.13. The minimum absolute atomic E-state index is 0.123. The van der Waals surface area contributed by atoms with Crippen molar-refractivity contribution >= 4 is 40.7 Å². The van der Waals surface area contributed by atoms with Crippen LogP contribution in [0.1, 0.15) is 26.4 Å². The van der Waals surface area contributed by atoms with Gasteiger partial charge in [0, 0.05) is 24.3 Å². The van der Waals surface area contributed by atoms with Gasteiger partial charge in [-0.25, -0.2) is 9.67 Å². The normalized spacial score (nSPS) is 13.4. The van der Waals surface area contributed by atoms with E-state index in [2.05, 4.69) is 20.7 Å². The van der Waals surface area contributed by atoms with Gasteiger partial charge in [-0.1, -0.05) is 23.2 Å². The van der Waals surface area contributed by atoms with E-state index in [9.17, 15) is 9.59 Å². The van der Waals surface area contributed by atoms with Gasteiger partial charge in [0.25, 0.3) is 11.8 Å². The molecule has 0 unspecified atom stereocenters. The number of amides is 2. The lowest BCUT2D eigenvalue weighted by Crippen LogP contribution is -2.38. The molecule has 1 saturated heterocycles. The van der Waals surface area contributed by atoms with Crippen LogP contribution in [0.4, 0.5) is 5.69 Å². The summed E-state index contributed by atoms with van der Waals surface area (Å²) in [6, 6.07) is 7.94. The van der Waals surface area contributed by atoms with E-state index in [1.165, 1.54) is 30.1 Å². The Morgan fingerprint density at radius 1 is 1.22 bits per heavy atom. The van der Waals surface area contributed by atoms with E-state index in [4.69, 9.17) is 32.7 Å². The number of pyridine rings is 1. The molecule has 2 amide bonds. The van der Waals surface area contributed by atoms with Gasteiger partial charge in [0.1, 0.15) is 11.8 Å². The highest BCUT2D eigenvalue weighted by Crippen LogP contribution is 2.28. The number of nitrogens with zero attached hydrogens (tertiary/aromatic N) is 3. The first-order valence-corrected chi connectivity index (χ1v) is 10.4. The first-order chi connectivity index (χ1) is 15.4. The zero-order chi connectivity index (χ0) is 22.8. The number of ether oxygens (including phenoxy) is 2. The average molecular weight is 476 g/mol. The molecule has 1 aromatic carbocycles. The second-order valence-electron chi connectivity index (χ2n) is 7.04. The van der Waals surface area contributed by atoms with Crippen LogP contribution in [0, 0.1) is 6.92 Å². The van der Waals surface area contributed by atoms with Crippen molar-refractivity contribution in [3.05, 3.63) is 63.4 Å². The molecular formula is C21H19Cl2N5O4. The Hall–Kier alpha value is -3.14. The summed E-state index contributed by atoms with van der Waals surface area (Å²) < 4.78 is 12.2. The fourth-order valence-corrected chi connectivity index (χ4v) is 3.60. The number of hydrogen-bond acceptors (Lipinski definition) is 6. The van der Waals surface area contributed by atoms with Gasteiger partial charge in [-0.15, -0.1) is 5.10 Å². The summed E-state index contributed by atoms with van der Waals surface area (Å²) in [4.78, 5) is 29.9. The number of aromatic nitrogens is 3. The molecule has 4 rings (SSSR count). The lowest BCUT2D eigenvalue weighted by molar-refractivity contribution is -0.0814. The summed E-state index contributed by atoms with van der Waals surface area (Å²) in [7, 11) is 1.50. The lowest BCUT2D eigenvalue weighted by atomic mass is 10.1. The Kier molecular flexibility index (Phi) is 6.31. The molecule has 166 valence electrons. The topological polar surface area (TPSA) is 107 Å². The lowest BCUT2D eigenvalue weighted by Gasteiger charge is -2.25. The largest absolute Gasteiger partial charge is 0.468 e. The molecule has 9 nitrogen and oxygen atoms in total. The third kappa shape index (κ3) is 4.40. The molecule has 0 atom stereocenters. The van der Waals surface area contributed by atoms with E-state index in [0.29, 0.717) is 34.5 Å². The number of rotatable bonds is 6. The number of halogens is 2. The maximum absolute atomic E-state index is 13.3. The molecule has 0 radical (unpaired) electrons. The Morgan fingerprint density at radius 3 is 2.66 bits per heavy atom. The van der Waals surface area contributed by atoms with E-state index in [1.54, 1.807) is 25.1 Å². The van der Waals surface area contributed by atoms with Gasteiger partial charge in [-0.2, -0.15) is 0 Å². The number of carbonyl (C=O) groups excluding carboxylic acids is 2. The summed E-state index contributed by atoms with van der Waals surface area (Å²) in [6.07, 6.45) is 1.39. The molecule has 11 heteroatoms. The molecule has 32 heavy (non-hydrogen) atoms. The molecule has 1 aliphatic heterocycles. The molecule has 2 N–H and O–H groups in total. The quantitative estimate of drug-likeness (QED) is 0.566. The van der Waals surface area contributed by atoms with Crippen LogP contribution in [-0.4, -0.2) is 52.9 Å². The van der Waals surface area contributed by atoms with Crippen LogP contribution in [0.15, 0.2) is 36.5 Å². The molecule has 0 bridgehead atoms. The van der Waals surface area contributed by atoms with Crippen LogP contribution >= 0.6 is 23.2 Å². The first-order valence-electron chi connectivity index (χ1n) is 9.66. The van der Waals surface area contributed by atoms with E-state index in [1.807, 2.05) is 0 Å². The molecule has 2 aromatic heterocycles. The second kappa shape index (κ2) is 9.15. The molecule has 1 fully saturated rings. The molecule has 3 heterocycles. The Balaban J connectivity index is 1.74. The van der Waals surface area contributed by atoms with Crippen LogP contribution in [0.3, 0.4) is 0 Å². The standard InChI is InChI=1S/C21H19Cl2N5O4/c1-11-6-12(22)7-14(20(29)24-2)18(11)26-21(30)16-8-17(32-13-9-31-10-13)27-28(16)19-15(23)4-3-5-25-19/h3-8,13H,9-10H2,1-2H3,(H,24,29)(H,26,30). The van der Waals surface area contributed by atoms with Gasteiger partial charge < -0.3 is 20.1 Å². The van der Waals surface area contributed by atoms with Gasteiger partial charge in [0.2, 0.25) is 5.88 Å². The second-order valence-corrected chi connectivity index (χ2v) is 7.89. The molecule has 0 aliphatic carbocycles. The molecule has 1 aliphatic rings. The van der Waals surface area contributed by atoms with Crippen LogP contribution in [0.2, 0.25) is 10.0 Å².